The van der Waals surface area contributed by atoms with Crippen molar-refractivity contribution in [3.63, 3.8) is 0 Å². The number of benzene rings is 2. The topological polar surface area (TPSA) is 63.6 Å². The molecule has 2 aromatic rings. The number of aryl methyl sites for hydroxylation is 1. The number of halogens is 1. The van der Waals surface area contributed by atoms with Gasteiger partial charge in [-0.15, -0.1) is 0 Å². The van der Waals surface area contributed by atoms with E-state index in [0.29, 0.717) is 12.0 Å². The summed E-state index contributed by atoms with van der Waals surface area (Å²) in [4.78, 5) is 26.0. The largest absolute Gasteiger partial charge is 0.510 e. The number of allylic oxidation sites excluding steroid dienone is 2. The maximum Gasteiger partial charge on any atom is 0.179 e. The molecule has 0 unspecified atom stereocenters. The molecule has 3 rings (SSSR count). The van der Waals surface area contributed by atoms with Crippen molar-refractivity contribution < 1.29 is 23.8 Å². The minimum atomic E-state index is -1.22. The molecule has 0 saturated heterocycles. The fraction of sp³-hybridized carbons (Fsp3) is 0.360. The van der Waals surface area contributed by atoms with Gasteiger partial charge in [-0.05, 0) is 68.5 Å². The van der Waals surface area contributed by atoms with Gasteiger partial charge in [0.2, 0.25) is 0 Å². The van der Waals surface area contributed by atoms with Gasteiger partial charge in [-0.25, -0.2) is 4.39 Å². The van der Waals surface area contributed by atoms with Crippen molar-refractivity contribution in [2.45, 2.75) is 41.0 Å². The quantitative estimate of drug-likeness (QED) is 0.673. The van der Waals surface area contributed by atoms with Crippen LogP contribution in [-0.2, 0) is 16.0 Å². The van der Waals surface area contributed by atoms with Gasteiger partial charge < -0.3 is 9.84 Å². The zero-order chi connectivity index (χ0) is 22.4. The molecule has 0 aromatic heterocycles. The van der Waals surface area contributed by atoms with E-state index < -0.39 is 16.6 Å². The van der Waals surface area contributed by atoms with Gasteiger partial charge in [0.1, 0.15) is 5.76 Å². The smallest absolute Gasteiger partial charge is 0.179 e. The zero-order valence-electron chi connectivity index (χ0n) is 18.2. The average molecular weight is 410 g/mol. The van der Waals surface area contributed by atoms with E-state index in [2.05, 4.69) is 0 Å². The van der Waals surface area contributed by atoms with Crippen LogP contribution < -0.4 is 4.74 Å². The molecular weight excluding hydrogens is 383 g/mol. The third kappa shape index (κ3) is 3.22. The van der Waals surface area contributed by atoms with Crippen molar-refractivity contribution >= 4 is 17.1 Å². The summed E-state index contributed by atoms with van der Waals surface area (Å²) in [6.45, 7) is 8.46. The van der Waals surface area contributed by atoms with Gasteiger partial charge in [0.05, 0.1) is 23.5 Å². The minimum absolute atomic E-state index is 0.152. The molecule has 0 heterocycles. The lowest BCUT2D eigenvalue weighted by molar-refractivity contribution is -0.143. The number of Topliss-reactive ketones (excluding diaryl/α,β-unsaturated/α-hetero) is 2. The molecule has 0 spiro atoms. The summed E-state index contributed by atoms with van der Waals surface area (Å²) in [5.41, 5.74) is 0.910. The van der Waals surface area contributed by atoms with Crippen LogP contribution in [0.5, 0.6) is 5.75 Å². The number of carbonyl (C=O) groups is 2. The Hall–Kier alpha value is -2.95. The lowest BCUT2D eigenvalue weighted by Gasteiger charge is -2.38. The Morgan fingerprint density at radius 2 is 1.57 bits per heavy atom. The van der Waals surface area contributed by atoms with Crippen molar-refractivity contribution in [3.05, 3.63) is 59.1 Å². The molecule has 0 aliphatic heterocycles. The van der Waals surface area contributed by atoms with E-state index in [4.69, 9.17) is 4.74 Å². The summed E-state index contributed by atoms with van der Waals surface area (Å²) in [5.74, 6) is -1.16. The first-order valence-electron chi connectivity index (χ1n) is 9.97. The zero-order valence-corrected chi connectivity index (χ0v) is 18.2. The van der Waals surface area contributed by atoms with Gasteiger partial charge in [-0.1, -0.05) is 31.2 Å². The molecule has 1 aliphatic rings. The Bertz CT molecular complexity index is 1080. The molecular formula is C25H27FO4. The first kappa shape index (κ1) is 21.8. The summed E-state index contributed by atoms with van der Waals surface area (Å²) in [7, 11) is 1.41. The lowest BCUT2D eigenvalue weighted by Crippen LogP contribution is -2.48. The van der Waals surface area contributed by atoms with E-state index in [1.165, 1.54) is 13.2 Å². The molecule has 0 saturated carbocycles. The standard InChI is InChI=1S/C25H27FO4/c1-7-14-12-15(16-9-11-18(26)19(13-16)30-6)8-10-17(14)20-21(27)24(2,3)23(29)25(4,5)22(20)28/h8-13,27H,7H2,1-6H3. The highest BCUT2D eigenvalue weighted by molar-refractivity contribution is 6.33. The molecule has 0 fully saturated rings. The van der Waals surface area contributed by atoms with Gasteiger partial charge in [0, 0.05) is 0 Å². The number of rotatable bonds is 4. The van der Waals surface area contributed by atoms with Crippen LogP contribution in [0.2, 0.25) is 0 Å². The van der Waals surface area contributed by atoms with E-state index in [-0.39, 0.29) is 28.6 Å². The van der Waals surface area contributed by atoms with Gasteiger partial charge >= 0.3 is 0 Å². The maximum absolute atomic E-state index is 13.8. The molecule has 0 amide bonds. The average Bonchev–Trinajstić information content (AvgIpc) is 2.72. The van der Waals surface area contributed by atoms with E-state index in [0.717, 1.165) is 16.7 Å². The van der Waals surface area contributed by atoms with Crippen LogP contribution in [-0.4, -0.2) is 23.8 Å². The van der Waals surface area contributed by atoms with Crippen LogP contribution in [0.1, 0.15) is 45.7 Å². The molecule has 158 valence electrons. The summed E-state index contributed by atoms with van der Waals surface area (Å²) in [5, 5.41) is 10.9. The predicted molar refractivity (Wildman–Crippen MR) is 115 cm³/mol. The highest BCUT2D eigenvalue weighted by Gasteiger charge is 2.53. The normalized spacial score (nSPS) is 18.0. The lowest BCUT2D eigenvalue weighted by atomic mass is 9.62. The maximum atomic E-state index is 13.8. The van der Waals surface area contributed by atoms with E-state index in [9.17, 15) is 19.1 Å². The Labute approximate surface area is 176 Å². The van der Waals surface area contributed by atoms with E-state index in [1.54, 1.807) is 45.9 Å². The number of methoxy groups -OCH3 is 1. The van der Waals surface area contributed by atoms with Crippen LogP contribution in [0.4, 0.5) is 4.39 Å². The van der Waals surface area contributed by atoms with Gasteiger partial charge in [0.15, 0.2) is 23.1 Å². The highest BCUT2D eigenvalue weighted by Crippen LogP contribution is 2.47. The minimum Gasteiger partial charge on any atom is -0.510 e. The summed E-state index contributed by atoms with van der Waals surface area (Å²) in [6.07, 6.45) is 0.611. The number of hydrogen-bond donors (Lipinski definition) is 1. The SMILES string of the molecule is CCc1cc(-c2ccc(F)c(OC)c2)ccc1C1=C(O)C(C)(C)C(=O)C(C)(C)C1=O. The number of aliphatic hydroxyl groups is 1. The van der Waals surface area contributed by atoms with Crippen LogP contribution in [0.15, 0.2) is 42.2 Å². The molecule has 4 nitrogen and oxygen atoms in total. The molecule has 2 aromatic carbocycles. The number of carbonyl (C=O) groups excluding carboxylic acids is 2. The monoisotopic (exact) mass is 410 g/mol. The van der Waals surface area contributed by atoms with E-state index in [1.807, 2.05) is 19.1 Å². The van der Waals surface area contributed by atoms with Crippen molar-refractivity contribution in [1.29, 1.82) is 0 Å². The second-order valence-electron chi connectivity index (χ2n) is 8.71. The summed E-state index contributed by atoms with van der Waals surface area (Å²) < 4.78 is 18.9. The van der Waals surface area contributed by atoms with Crippen molar-refractivity contribution in [2.75, 3.05) is 7.11 Å². The predicted octanol–water partition coefficient (Wildman–Crippen LogP) is 5.54. The molecule has 1 N–H and O–H groups in total. The molecule has 0 radical (unpaired) electrons. The van der Waals surface area contributed by atoms with Crippen molar-refractivity contribution in [1.82, 2.24) is 0 Å². The van der Waals surface area contributed by atoms with Crippen LogP contribution in [0, 0.1) is 16.6 Å². The van der Waals surface area contributed by atoms with Crippen molar-refractivity contribution in [2.24, 2.45) is 10.8 Å². The van der Waals surface area contributed by atoms with Gasteiger partial charge in [-0.3, -0.25) is 9.59 Å². The summed E-state index contributed by atoms with van der Waals surface area (Å²) in [6, 6.07) is 10.2. The van der Waals surface area contributed by atoms with Crippen LogP contribution >= 0.6 is 0 Å². The third-order valence-corrected chi connectivity index (χ3v) is 6.00. The summed E-state index contributed by atoms with van der Waals surface area (Å²) >= 11 is 0. The molecule has 1 aliphatic carbocycles. The Balaban J connectivity index is 2.19. The van der Waals surface area contributed by atoms with Gasteiger partial charge in [0.25, 0.3) is 0 Å². The van der Waals surface area contributed by atoms with Crippen LogP contribution in [0.3, 0.4) is 0 Å². The fourth-order valence-corrected chi connectivity index (χ4v) is 4.12. The Morgan fingerprint density at radius 3 is 2.17 bits per heavy atom. The number of aliphatic hydroxyl groups excluding tert-OH is 1. The number of ketones is 2. The molecule has 30 heavy (non-hydrogen) atoms. The Morgan fingerprint density at radius 1 is 0.967 bits per heavy atom. The highest BCUT2D eigenvalue weighted by atomic mass is 19.1. The van der Waals surface area contributed by atoms with E-state index >= 15 is 0 Å². The molecule has 5 heteroatoms. The second-order valence-corrected chi connectivity index (χ2v) is 8.71. The number of hydrogen-bond acceptors (Lipinski definition) is 4. The molecule has 0 bridgehead atoms. The molecule has 0 atom stereocenters. The number of ether oxygens (including phenoxy) is 1. The van der Waals surface area contributed by atoms with Crippen molar-refractivity contribution in [3.8, 4) is 16.9 Å². The first-order valence-corrected chi connectivity index (χ1v) is 9.97. The third-order valence-electron chi connectivity index (χ3n) is 6.00. The first-order chi connectivity index (χ1) is 14.0. The second kappa shape index (κ2) is 7.38. The fourth-order valence-electron chi connectivity index (χ4n) is 4.12. The Kier molecular flexibility index (Phi) is 5.35. The van der Waals surface area contributed by atoms with Crippen LogP contribution in [0.25, 0.3) is 16.7 Å². The van der Waals surface area contributed by atoms with Gasteiger partial charge in [-0.2, -0.15) is 0 Å².